The van der Waals surface area contributed by atoms with Gasteiger partial charge in [0.1, 0.15) is 0 Å². The Morgan fingerprint density at radius 2 is 1.82 bits per heavy atom. The molecule has 3 heteroatoms. The number of nitrogens with one attached hydrogen (secondary N) is 1. The number of alkyl halides is 1. The zero-order valence-corrected chi connectivity index (χ0v) is 11.4. The topological polar surface area (TPSA) is 29.1 Å². The van der Waals surface area contributed by atoms with Gasteiger partial charge < -0.3 is 5.32 Å². The number of hydrogen-bond acceptors (Lipinski definition) is 1. The number of halogens is 1. The van der Waals surface area contributed by atoms with Crippen LogP contribution in [0.5, 0.6) is 0 Å². The molecule has 92 valence electrons. The number of carbonyl (C=O) groups is 1. The van der Waals surface area contributed by atoms with Crippen LogP contribution in [0.15, 0.2) is 30.3 Å². The third kappa shape index (κ3) is 3.56. The van der Waals surface area contributed by atoms with Crippen LogP contribution in [0.4, 0.5) is 0 Å². The molecule has 1 amide bonds. The quantitative estimate of drug-likeness (QED) is 0.656. The number of benzene rings is 1. The Kier molecular flexibility index (Phi) is 4.60. The van der Waals surface area contributed by atoms with Gasteiger partial charge in [0.05, 0.1) is 0 Å². The number of rotatable bonds is 2. The fourth-order valence-electron chi connectivity index (χ4n) is 2.27. The molecule has 1 N–H and O–H groups in total. The first-order valence-electron chi connectivity index (χ1n) is 6.27. The lowest BCUT2D eigenvalue weighted by Gasteiger charge is -2.21. The van der Waals surface area contributed by atoms with Gasteiger partial charge in [0, 0.05) is 16.4 Å². The Hall–Kier alpha value is -0.830. The molecule has 2 rings (SSSR count). The summed E-state index contributed by atoms with van der Waals surface area (Å²) in [5, 5.41) is 3.14. The smallest absolute Gasteiger partial charge is 0.251 e. The number of hydrogen-bond donors (Lipinski definition) is 1. The minimum Gasteiger partial charge on any atom is -0.348 e. The fraction of sp³-hybridized carbons (Fsp3) is 0.500. The summed E-state index contributed by atoms with van der Waals surface area (Å²) in [5.41, 5.74) is 0.747. The molecule has 2 atom stereocenters. The highest BCUT2D eigenvalue weighted by atomic mass is 79.9. The highest BCUT2D eigenvalue weighted by Crippen LogP contribution is 2.23. The molecule has 0 radical (unpaired) electrons. The van der Waals surface area contributed by atoms with Gasteiger partial charge in [-0.15, -0.1) is 0 Å². The molecule has 0 aliphatic heterocycles. The van der Waals surface area contributed by atoms with Crippen LogP contribution in [0.3, 0.4) is 0 Å². The van der Waals surface area contributed by atoms with Crippen molar-refractivity contribution in [2.24, 2.45) is 0 Å². The van der Waals surface area contributed by atoms with E-state index in [0.717, 1.165) is 18.4 Å². The maximum absolute atomic E-state index is 12.0. The zero-order chi connectivity index (χ0) is 12.1. The van der Waals surface area contributed by atoms with Crippen molar-refractivity contribution < 1.29 is 4.79 Å². The Labute approximate surface area is 111 Å². The van der Waals surface area contributed by atoms with Crippen LogP contribution < -0.4 is 5.32 Å². The summed E-state index contributed by atoms with van der Waals surface area (Å²) in [5.74, 6) is 0.0435. The van der Waals surface area contributed by atoms with Gasteiger partial charge in [-0.05, 0) is 25.0 Å². The predicted molar refractivity (Wildman–Crippen MR) is 73.5 cm³/mol. The summed E-state index contributed by atoms with van der Waals surface area (Å²) in [6.45, 7) is 0. The first-order valence-corrected chi connectivity index (χ1v) is 7.19. The number of carbonyl (C=O) groups excluding carboxylic acids is 1. The average molecular weight is 296 g/mol. The third-order valence-electron chi connectivity index (χ3n) is 3.28. The van der Waals surface area contributed by atoms with Gasteiger partial charge in [0.15, 0.2) is 0 Å². The molecule has 0 spiro atoms. The van der Waals surface area contributed by atoms with E-state index in [-0.39, 0.29) is 11.9 Å². The lowest BCUT2D eigenvalue weighted by molar-refractivity contribution is 0.0935. The van der Waals surface area contributed by atoms with Gasteiger partial charge in [0.2, 0.25) is 0 Å². The van der Waals surface area contributed by atoms with Crippen molar-refractivity contribution >= 4 is 21.8 Å². The predicted octanol–water partition coefficient (Wildman–Crippen LogP) is 3.51. The third-order valence-corrected chi connectivity index (χ3v) is 4.38. The van der Waals surface area contributed by atoms with E-state index in [1.807, 2.05) is 30.3 Å². The maximum Gasteiger partial charge on any atom is 0.251 e. The first-order chi connectivity index (χ1) is 8.27. The van der Waals surface area contributed by atoms with E-state index in [9.17, 15) is 4.79 Å². The van der Waals surface area contributed by atoms with Crippen molar-refractivity contribution in [1.82, 2.24) is 5.32 Å². The van der Waals surface area contributed by atoms with Crippen molar-refractivity contribution in [3.63, 3.8) is 0 Å². The zero-order valence-electron chi connectivity index (χ0n) is 9.86. The molecular weight excluding hydrogens is 278 g/mol. The van der Waals surface area contributed by atoms with Gasteiger partial charge in [-0.3, -0.25) is 4.79 Å². The second-order valence-electron chi connectivity index (χ2n) is 4.60. The molecule has 2 nitrogen and oxygen atoms in total. The standard InChI is InChI=1S/C14H18BrNO/c15-12-9-5-2-6-10-13(12)16-14(17)11-7-3-1-4-8-11/h1,3-4,7-8,12-13H,2,5-6,9-10H2,(H,16,17). The van der Waals surface area contributed by atoms with Gasteiger partial charge in [-0.1, -0.05) is 53.4 Å². The molecule has 1 fully saturated rings. The molecule has 1 aromatic rings. The summed E-state index contributed by atoms with van der Waals surface area (Å²) >= 11 is 3.69. The van der Waals surface area contributed by atoms with Crippen LogP contribution in [0.25, 0.3) is 0 Å². The summed E-state index contributed by atoms with van der Waals surface area (Å²) in [4.78, 5) is 12.5. The van der Waals surface area contributed by atoms with Crippen molar-refractivity contribution in [1.29, 1.82) is 0 Å². The Bertz CT molecular complexity index is 366. The second kappa shape index (κ2) is 6.20. The largest absolute Gasteiger partial charge is 0.348 e. The SMILES string of the molecule is O=C(NC1CCCCCC1Br)c1ccccc1. The Morgan fingerprint density at radius 3 is 2.59 bits per heavy atom. The highest BCUT2D eigenvalue weighted by Gasteiger charge is 2.23. The lowest BCUT2D eigenvalue weighted by Crippen LogP contribution is -2.40. The Balaban J connectivity index is 1.98. The molecule has 0 saturated heterocycles. The van der Waals surface area contributed by atoms with Crippen molar-refractivity contribution in [2.75, 3.05) is 0 Å². The minimum absolute atomic E-state index is 0.0435. The molecule has 1 saturated carbocycles. The molecule has 0 heterocycles. The molecule has 0 bridgehead atoms. The monoisotopic (exact) mass is 295 g/mol. The summed E-state index contributed by atoms with van der Waals surface area (Å²) < 4.78 is 0. The minimum atomic E-state index is 0.0435. The van der Waals surface area contributed by atoms with Gasteiger partial charge in [0.25, 0.3) is 5.91 Å². The molecule has 1 aliphatic rings. The molecule has 0 aromatic heterocycles. The van der Waals surface area contributed by atoms with Gasteiger partial charge in [-0.2, -0.15) is 0 Å². The van der Waals surface area contributed by atoms with E-state index in [4.69, 9.17) is 0 Å². The van der Waals surface area contributed by atoms with Crippen LogP contribution in [0.1, 0.15) is 42.5 Å². The van der Waals surface area contributed by atoms with Crippen LogP contribution in [-0.4, -0.2) is 16.8 Å². The van der Waals surface area contributed by atoms with Crippen LogP contribution >= 0.6 is 15.9 Å². The fourth-order valence-corrected chi connectivity index (χ4v) is 2.99. The summed E-state index contributed by atoms with van der Waals surface area (Å²) in [6.07, 6.45) is 5.98. The summed E-state index contributed by atoms with van der Waals surface area (Å²) in [6, 6.07) is 9.70. The van der Waals surface area contributed by atoms with Crippen molar-refractivity contribution in [2.45, 2.75) is 43.0 Å². The number of amides is 1. The maximum atomic E-state index is 12.0. The molecule has 17 heavy (non-hydrogen) atoms. The average Bonchev–Trinajstić information content (AvgIpc) is 2.56. The molecule has 1 aliphatic carbocycles. The van der Waals surface area contributed by atoms with Crippen LogP contribution in [0.2, 0.25) is 0 Å². The van der Waals surface area contributed by atoms with E-state index < -0.39 is 0 Å². The first kappa shape index (κ1) is 12.6. The van der Waals surface area contributed by atoms with E-state index in [0.29, 0.717) is 4.83 Å². The van der Waals surface area contributed by atoms with E-state index in [1.54, 1.807) is 0 Å². The highest BCUT2D eigenvalue weighted by molar-refractivity contribution is 9.09. The Morgan fingerprint density at radius 1 is 1.12 bits per heavy atom. The van der Waals surface area contributed by atoms with Gasteiger partial charge in [-0.25, -0.2) is 0 Å². The van der Waals surface area contributed by atoms with Gasteiger partial charge >= 0.3 is 0 Å². The lowest BCUT2D eigenvalue weighted by atomic mass is 10.1. The van der Waals surface area contributed by atoms with E-state index in [2.05, 4.69) is 21.2 Å². The van der Waals surface area contributed by atoms with E-state index >= 15 is 0 Å². The second-order valence-corrected chi connectivity index (χ2v) is 5.78. The summed E-state index contributed by atoms with van der Waals surface area (Å²) in [7, 11) is 0. The van der Waals surface area contributed by atoms with Crippen LogP contribution in [0, 0.1) is 0 Å². The van der Waals surface area contributed by atoms with Crippen LogP contribution in [-0.2, 0) is 0 Å². The van der Waals surface area contributed by atoms with Crippen molar-refractivity contribution in [3.05, 3.63) is 35.9 Å². The molecule has 2 unspecified atom stereocenters. The normalized spacial score (nSPS) is 25.0. The molecule has 1 aromatic carbocycles. The van der Waals surface area contributed by atoms with E-state index in [1.165, 1.54) is 19.3 Å². The van der Waals surface area contributed by atoms with Crippen molar-refractivity contribution in [3.8, 4) is 0 Å². The molecular formula is C14H18BrNO.